The van der Waals surface area contributed by atoms with Gasteiger partial charge >= 0.3 is 0 Å². The van der Waals surface area contributed by atoms with E-state index in [0.29, 0.717) is 11.5 Å². The molecule has 3 rings (SSSR count). The van der Waals surface area contributed by atoms with Crippen molar-refractivity contribution in [1.29, 1.82) is 0 Å². The van der Waals surface area contributed by atoms with Crippen molar-refractivity contribution in [3.05, 3.63) is 35.4 Å². The van der Waals surface area contributed by atoms with E-state index in [1.54, 1.807) is 6.07 Å². The molecule has 0 heterocycles. The molecule has 0 radical (unpaired) electrons. The summed E-state index contributed by atoms with van der Waals surface area (Å²) in [7, 11) is 0. The van der Waals surface area contributed by atoms with Gasteiger partial charge in [-0.05, 0) is 67.0 Å². The molecule has 0 saturated carbocycles. The Bertz CT molecular complexity index is 679. The SMILES string of the molecule is CCCCC12Cc3cc(O)ccc3C1=CC(=O)C(CCC)(CCC)C2. The molecule has 0 aliphatic heterocycles. The van der Waals surface area contributed by atoms with Crippen LogP contribution >= 0.6 is 0 Å². The van der Waals surface area contributed by atoms with Gasteiger partial charge in [-0.25, -0.2) is 0 Å². The van der Waals surface area contributed by atoms with Gasteiger partial charge in [0.1, 0.15) is 5.75 Å². The highest BCUT2D eigenvalue weighted by molar-refractivity contribution is 6.04. The number of unbranched alkanes of at least 4 members (excludes halogenated alkanes) is 1. The van der Waals surface area contributed by atoms with Gasteiger partial charge in [-0.3, -0.25) is 4.79 Å². The first kappa shape index (κ1) is 18.2. The van der Waals surface area contributed by atoms with Crippen LogP contribution in [0.5, 0.6) is 5.75 Å². The monoisotopic (exact) mass is 340 g/mol. The van der Waals surface area contributed by atoms with Gasteiger partial charge in [-0.2, -0.15) is 0 Å². The Kier molecular flexibility index (Phi) is 5.09. The van der Waals surface area contributed by atoms with Crippen LogP contribution in [0.25, 0.3) is 5.57 Å². The minimum Gasteiger partial charge on any atom is -0.508 e. The second-order valence-electron chi connectivity index (χ2n) is 8.28. The van der Waals surface area contributed by atoms with Gasteiger partial charge in [0.05, 0.1) is 0 Å². The molecular weight excluding hydrogens is 308 g/mol. The predicted octanol–water partition coefficient (Wildman–Crippen LogP) is 6.07. The largest absolute Gasteiger partial charge is 0.508 e. The topological polar surface area (TPSA) is 37.3 Å². The van der Waals surface area contributed by atoms with E-state index in [1.807, 2.05) is 18.2 Å². The maximum atomic E-state index is 13.2. The Morgan fingerprint density at radius 1 is 1.04 bits per heavy atom. The van der Waals surface area contributed by atoms with E-state index in [1.165, 1.54) is 29.5 Å². The second-order valence-corrected chi connectivity index (χ2v) is 8.28. The molecule has 0 saturated heterocycles. The lowest BCUT2D eigenvalue weighted by Crippen LogP contribution is -2.41. The number of ketones is 1. The van der Waals surface area contributed by atoms with Gasteiger partial charge in [0, 0.05) is 10.8 Å². The maximum absolute atomic E-state index is 13.2. The van der Waals surface area contributed by atoms with Gasteiger partial charge in [0.15, 0.2) is 5.78 Å². The van der Waals surface area contributed by atoms with Crippen molar-refractivity contribution in [2.75, 3.05) is 0 Å². The lowest BCUT2D eigenvalue weighted by Gasteiger charge is -2.45. The first-order valence-electron chi connectivity index (χ1n) is 10.1. The van der Waals surface area contributed by atoms with Gasteiger partial charge in [-0.1, -0.05) is 52.5 Å². The summed E-state index contributed by atoms with van der Waals surface area (Å²) in [5.74, 6) is 0.683. The van der Waals surface area contributed by atoms with E-state index in [4.69, 9.17) is 0 Å². The number of phenolic OH excluding ortho intramolecular Hbond substituents is 1. The van der Waals surface area contributed by atoms with Gasteiger partial charge in [0.25, 0.3) is 0 Å². The van der Waals surface area contributed by atoms with Crippen molar-refractivity contribution in [3.63, 3.8) is 0 Å². The van der Waals surface area contributed by atoms with E-state index in [9.17, 15) is 9.90 Å². The Hall–Kier alpha value is -1.57. The zero-order valence-corrected chi connectivity index (χ0v) is 16.0. The number of hydrogen-bond donors (Lipinski definition) is 1. The summed E-state index contributed by atoms with van der Waals surface area (Å²) < 4.78 is 0. The molecule has 2 aliphatic carbocycles. The highest BCUT2D eigenvalue weighted by Crippen LogP contribution is 2.60. The molecule has 1 atom stereocenters. The van der Waals surface area contributed by atoms with Crippen LogP contribution in [0.2, 0.25) is 0 Å². The van der Waals surface area contributed by atoms with Gasteiger partial charge in [-0.15, -0.1) is 0 Å². The summed E-state index contributed by atoms with van der Waals surface area (Å²) in [5, 5.41) is 9.93. The Morgan fingerprint density at radius 3 is 2.40 bits per heavy atom. The highest BCUT2D eigenvalue weighted by Gasteiger charge is 2.52. The Balaban J connectivity index is 2.09. The molecule has 0 aromatic heterocycles. The molecule has 1 N–H and O–H groups in total. The molecule has 0 fully saturated rings. The summed E-state index contributed by atoms with van der Waals surface area (Å²) in [6, 6.07) is 5.69. The normalized spacial score (nSPS) is 24.0. The van der Waals surface area contributed by atoms with Crippen LogP contribution < -0.4 is 0 Å². The highest BCUT2D eigenvalue weighted by atomic mass is 16.3. The van der Waals surface area contributed by atoms with Crippen LogP contribution in [0.1, 0.15) is 83.3 Å². The molecule has 2 nitrogen and oxygen atoms in total. The van der Waals surface area contributed by atoms with Crippen LogP contribution in [-0.4, -0.2) is 10.9 Å². The van der Waals surface area contributed by atoms with E-state index >= 15 is 0 Å². The molecule has 1 unspecified atom stereocenters. The molecule has 1 aromatic carbocycles. The molecular formula is C23H32O2. The number of allylic oxidation sites excluding steroid dienone is 2. The Morgan fingerprint density at radius 2 is 1.76 bits per heavy atom. The predicted molar refractivity (Wildman–Crippen MR) is 104 cm³/mol. The smallest absolute Gasteiger partial charge is 0.162 e. The lowest BCUT2D eigenvalue weighted by molar-refractivity contribution is -0.127. The molecule has 2 heteroatoms. The number of rotatable bonds is 7. The maximum Gasteiger partial charge on any atom is 0.162 e. The van der Waals surface area contributed by atoms with Crippen LogP contribution in [0.3, 0.4) is 0 Å². The summed E-state index contributed by atoms with van der Waals surface area (Å²) in [6.45, 7) is 6.64. The molecule has 25 heavy (non-hydrogen) atoms. The fraction of sp³-hybridized carbons (Fsp3) is 0.609. The zero-order chi connectivity index (χ0) is 18.1. The van der Waals surface area contributed by atoms with Crippen LogP contribution in [0.4, 0.5) is 0 Å². The van der Waals surface area contributed by atoms with Crippen molar-refractivity contribution in [3.8, 4) is 5.75 Å². The fourth-order valence-corrected chi connectivity index (χ4v) is 5.47. The van der Waals surface area contributed by atoms with E-state index in [0.717, 1.165) is 44.9 Å². The lowest BCUT2D eigenvalue weighted by atomic mass is 9.57. The minimum atomic E-state index is -0.176. The molecule has 0 bridgehead atoms. The minimum absolute atomic E-state index is 0.0877. The van der Waals surface area contributed by atoms with Gasteiger partial charge in [0.2, 0.25) is 0 Å². The zero-order valence-electron chi connectivity index (χ0n) is 16.0. The van der Waals surface area contributed by atoms with Crippen molar-refractivity contribution < 1.29 is 9.90 Å². The van der Waals surface area contributed by atoms with E-state index < -0.39 is 0 Å². The molecule has 0 spiro atoms. The third kappa shape index (κ3) is 3.05. The average Bonchev–Trinajstić information content (AvgIpc) is 2.86. The van der Waals surface area contributed by atoms with Crippen molar-refractivity contribution in [2.24, 2.45) is 10.8 Å². The third-order valence-electron chi connectivity index (χ3n) is 6.42. The molecule has 0 amide bonds. The van der Waals surface area contributed by atoms with Crippen molar-refractivity contribution in [2.45, 2.75) is 78.6 Å². The summed E-state index contributed by atoms with van der Waals surface area (Å²) in [4.78, 5) is 13.2. The van der Waals surface area contributed by atoms with Gasteiger partial charge < -0.3 is 5.11 Å². The van der Waals surface area contributed by atoms with E-state index in [-0.39, 0.29) is 10.8 Å². The number of phenols is 1. The number of benzene rings is 1. The van der Waals surface area contributed by atoms with Crippen molar-refractivity contribution in [1.82, 2.24) is 0 Å². The van der Waals surface area contributed by atoms with Crippen LogP contribution in [-0.2, 0) is 11.2 Å². The summed E-state index contributed by atoms with van der Waals surface area (Å²) in [6.07, 6.45) is 11.6. The standard InChI is InChI=1S/C23H32O2/c1-4-7-12-23-15-17-13-18(24)8-9-19(17)20(23)14-21(25)22(16-23,10-5-2)11-6-3/h8-9,13-14,24H,4-7,10-12,15-16H2,1-3H3. The number of aromatic hydroxyl groups is 1. The average molecular weight is 341 g/mol. The number of fused-ring (bicyclic) bond motifs is 3. The fourth-order valence-electron chi connectivity index (χ4n) is 5.47. The number of carbonyl (C=O) groups excluding carboxylic acids is 1. The Labute approximate surface area is 152 Å². The first-order valence-corrected chi connectivity index (χ1v) is 10.1. The first-order chi connectivity index (χ1) is 12.0. The van der Waals surface area contributed by atoms with Crippen LogP contribution in [0, 0.1) is 10.8 Å². The molecule has 2 aliphatic rings. The quantitative estimate of drug-likeness (QED) is 0.654. The third-order valence-corrected chi connectivity index (χ3v) is 6.42. The molecule has 136 valence electrons. The number of carbonyl (C=O) groups is 1. The molecule has 1 aromatic rings. The summed E-state index contributed by atoms with van der Waals surface area (Å²) in [5.41, 5.74) is 3.58. The van der Waals surface area contributed by atoms with Crippen molar-refractivity contribution >= 4 is 11.4 Å². The van der Waals surface area contributed by atoms with Crippen LogP contribution in [0.15, 0.2) is 24.3 Å². The number of hydrogen-bond acceptors (Lipinski definition) is 2. The second kappa shape index (κ2) is 6.97. The van der Waals surface area contributed by atoms with E-state index in [2.05, 4.69) is 20.8 Å². The summed E-state index contributed by atoms with van der Waals surface area (Å²) >= 11 is 0.